The molecule has 1 fully saturated rings. The Kier molecular flexibility index (Phi) is 5.38. The van der Waals surface area contributed by atoms with Gasteiger partial charge in [-0.15, -0.1) is 0 Å². The fourth-order valence-electron chi connectivity index (χ4n) is 2.44. The molecule has 2 rings (SSSR count). The number of benzene rings is 1. The summed E-state index contributed by atoms with van der Waals surface area (Å²) >= 11 is 0. The van der Waals surface area contributed by atoms with Crippen LogP contribution in [0.3, 0.4) is 0 Å². The van der Waals surface area contributed by atoms with Gasteiger partial charge in [0.25, 0.3) is 0 Å². The van der Waals surface area contributed by atoms with Crippen LogP contribution in [-0.2, 0) is 11.4 Å². The van der Waals surface area contributed by atoms with Crippen LogP contribution in [0.2, 0.25) is 0 Å². The van der Waals surface area contributed by atoms with Crippen LogP contribution in [0.1, 0.15) is 31.7 Å². The quantitative estimate of drug-likeness (QED) is 0.740. The summed E-state index contributed by atoms with van der Waals surface area (Å²) in [6.45, 7) is 3.33. The Morgan fingerprint density at radius 3 is 3.05 bits per heavy atom. The number of amides is 1. The van der Waals surface area contributed by atoms with Gasteiger partial charge in [-0.3, -0.25) is 4.79 Å². The van der Waals surface area contributed by atoms with Crippen molar-refractivity contribution in [3.05, 3.63) is 23.8 Å². The third-order valence-electron chi connectivity index (χ3n) is 3.41. The molecular formula is C15H22N2O3. The van der Waals surface area contributed by atoms with Crippen molar-refractivity contribution in [2.75, 3.05) is 18.5 Å². The van der Waals surface area contributed by atoms with Crippen molar-refractivity contribution in [2.24, 2.45) is 0 Å². The van der Waals surface area contributed by atoms with Crippen molar-refractivity contribution >= 4 is 11.6 Å². The van der Waals surface area contributed by atoms with Gasteiger partial charge in [-0.25, -0.2) is 0 Å². The topological polar surface area (TPSA) is 70.6 Å². The number of carbonyl (C=O) groups is 1. The van der Waals surface area contributed by atoms with Crippen molar-refractivity contribution in [1.29, 1.82) is 0 Å². The molecule has 1 heterocycles. The van der Waals surface area contributed by atoms with Crippen molar-refractivity contribution in [1.82, 2.24) is 5.32 Å². The Hall–Kier alpha value is -1.59. The number of nitrogens with one attached hydrogen (secondary N) is 2. The Balaban J connectivity index is 1.96. The van der Waals surface area contributed by atoms with Crippen LogP contribution in [0.4, 0.5) is 5.69 Å². The molecule has 0 saturated carbocycles. The van der Waals surface area contributed by atoms with E-state index in [1.54, 1.807) is 18.2 Å². The molecule has 1 atom stereocenters. The first-order valence-corrected chi connectivity index (χ1v) is 7.12. The van der Waals surface area contributed by atoms with Gasteiger partial charge in [-0.1, -0.05) is 0 Å². The largest absolute Gasteiger partial charge is 0.494 e. The van der Waals surface area contributed by atoms with E-state index in [4.69, 9.17) is 4.74 Å². The van der Waals surface area contributed by atoms with Crippen LogP contribution in [0.5, 0.6) is 5.75 Å². The average Bonchev–Trinajstić information content (AvgIpc) is 2.93. The second-order valence-electron chi connectivity index (χ2n) is 4.96. The van der Waals surface area contributed by atoms with Gasteiger partial charge < -0.3 is 20.5 Å². The Bertz CT molecular complexity index is 456. The van der Waals surface area contributed by atoms with Crippen LogP contribution in [0.15, 0.2) is 18.2 Å². The normalized spacial score (nSPS) is 18.0. The van der Waals surface area contributed by atoms with Crippen molar-refractivity contribution in [3.63, 3.8) is 0 Å². The molecule has 1 amide bonds. The first-order valence-electron chi connectivity index (χ1n) is 7.12. The molecule has 1 saturated heterocycles. The molecule has 0 radical (unpaired) electrons. The fraction of sp³-hybridized carbons (Fsp3) is 0.533. The minimum Gasteiger partial charge on any atom is -0.494 e. The Labute approximate surface area is 119 Å². The second kappa shape index (κ2) is 7.26. The van der Waals surface area contributed by atoms with Gasteiger partial charge in [0.1, 0.15) is 5.75 Å². The molecule has 110 valence electrons. The first-order chi connectivity index (χ1) is 9.72. The van der Waals surface area contributed by atoms with Crippen molar-refractivity contribution in [3.8, 4) is 5.75 Å². The van der Waals surface area contributed by atoms with Crippen molar-refractivity contribution in [2.45, 2.75) is 38.8 Å². The van der Waals surface area contributed by atoms with Crippen LogP contribution >= 0.6 is 0 Å². The zero-order chi connectivity index (χ0) is 14.4. The summed E-state index contributed by atoms with van der Waals surface area (Å²) in [6, 6.07) is 5.61. The van der Waals surface area contributed by atoms with Gasteiger partial charge in [0.05, 0.1) is 13.2 Å². The maximum atomic E-state index is 11.9. The smallest absolute Gasteiger partial charge is 0.225 e. The lowest BCUT2D eigenvalue weighted by Gasteiger charge is -2.13. The minimum atomic E-state index is -0.108. The van der Waals surface area contributed by atoms with E-state index in [0.29, 0.717) is 30.0 Å². The number of aliphatic hydroxyl groups excluding tert-OH is 1. The summed E-state index contributed by atoms with van der Waals surface area (Å²) in [5, 5.41) is 15.5. The van der Waals surface area contributed by atoms with Gasteiger partial charge in [0, 0.05) is 23.7 Å². The molecule has 0 aliphatic carbocycles. The third-order valence-corrected chi connectivity index (χ3v) is 3.41. The summed E-state index contributed by atoms with van der Waals surface area (Å²) in [5.41, 5.74) is 1.38. The van der Waals surface area contributed by atoms with E-state index in [-0.39, 0.29) is 18.6 Å². The minimum absolute atomic E-state index is 0.00236. The highest BCUT2D eigenvalue weighted by atomic mass is 16.5. The predicted molar refractivity (Wildman–Crippen MR) is 77.8 cm³/mol. The van der Waals surface area contributed by atoms with Crippen LogP contribution in [-0.4, -0.2) is 30.2 Å². The second-order valence-corrected chi connectivity index (χ2v) is 4.96. The first kappa shape index (κ1) is 14.8. The fourth-order valence-corrected chi connectivity index (χ4v) is 2.44. The van der Waals surface area contributed by atoms with E-state index in [1.165, 1.54) is 0 Å². The van der Waals surface area contributed by atoms with Gasteiger partial charge >= 0.3 is 0 Å². The standard InChI is InChI=1S/C15H22N2O3/c1-2-20-14-6-5-13(8-11(14)10-18)17-15(19)9-12-4-3-7-16-12/h5-6,8,12,16,18H,2-4,7,9-10H2,1H3,(H,17,19). The number of ether oxygens (including phenoxy) is 1. The molecular weight excluding hydrogens is 256 g/mol. The maximum absolute atomic E-state index is 11.9. The number of rotatable bonds is 6. The highest BCUT2D eigenvalue weighted by molar-refractivity contribution is 5.91. The van der Waals surface area contributed by atoms with E-state index in [0.717, 1.165) is 19.4 Å². The molecule has 5 heteroatoms. The average molecular weight is 278 g/mol. The monoisotopic (exact) mass is 278 g/mol. The number of aliphatic hydroxyl groups is 1. The van der Waals surface area contributed by atoms with Gasteiger partial charge in [-0.05, 0) is 44.5 Å². The predicted octanol–water partition coefficient (Wildman–Crippen LogP) is 1.66. The molecule has 0 aromatic heterocycles. The zero-order valence-electron chi connectivity index (χ0n) is 11.8. The molecule has 1 aromatic rings. The lowest BCUT2D eigenvalue weighted by atomic mass is 10.1. The third kappa shape index (κ3) is 3.95. The molecule has 0 spiro atoms. The SMILES string of the molecule is CCOc1ccc(NC(=O)CC2CCCN2)cc1CO. The number of carbonyl (C=O) groups excluding carboxylic acids is 1. The highest BCUT2D eigenvalue weighted by Gasteiger charge is 2.17. The molecule has 1 aliphatic rings. The van der Waals surface area contributed by atoms with E-state index in [2.05, 4.69) is 10.6 Å². The summed E-state index contributed by atoms with van der Waals surface area (Å²) < 4.78 is 5.41. The summed E-state index contributed by atoms with van der Waals surface area (Å²) in [6.07, 6.45) is 2.68. The van der Waals surface area contributed by atoms with Crippen molar-refractivity contribution < 1.29 is 14.6 Å². The zero-order valence-corrected chi connectivity index (χ0v) is 11.8. The van der Waals surface area contributed by atoms with E-state index in [1.807, 2.05) is 6.92 Å². The van der Waals surface area contributed by atoms with Crippen LogP contribution in [0.25, 0.3) is 0 Å². The van der Waals surface area contributed by atoms with E-state index in [9.17, 15) is 9.90 Å². The molecule has 1 aliphatic heterocycles. The van der Waals surface area contributed by atoms with Gasteiger partial charge in [0.15, 0.2) is 0 Å². The summed E-state index contributed by atoms with van der Waals surface area (Å²) in [5.74, 6) is 0.655. The summed E-state index contributed by atoms with van der Waals surface area (Å²) in [7, 11) is 0. The molecule has 1 aromatic carbocycles. The molecule has 20 heavy (non-hydrogen) atoms. The molecule has 3 N–H and O–H groups in total. The number of hydrogen-bond donors (Lipinski definition) is 3. The summed E-state index contributed by atoms with van der Waals surface area (Å²) in [4.78, 5) is 11.9. The lowest BCUT2D eigenvalue weighted by molar-refractivity contribution is -0.116. The van der Waals surface area contributed by atoms with Crippen LogP contribution < -0.4 is 15.4 Å². The van der Waals surface area contributed by atoms with Gasteiger partial charge in [0.2, 0.25) is 5.91 Å². The van der Waals surface area contributed by atoms with E-state index < -0.39 is 0 Å². The van der Waals surface area contributed by atoms with Gasteiger partial charge in [-0.2, -0.15) is 0 Å². The Morgan fingerprint density at radius 1 is 1.55 bits per heavy atom. The highest BCUT2D eigenvalue weighted by Crippen LogP contribution is 2.23. The molecule has 1 unspecified atom stereocenters. The number of hydrogen-bond acceptors (Lipinski definition) is 4. The molecule has 5 nitrogen and oxygen atoms in total. The number of anilines is 1. The lowest BCUT2D eigenvalue weighted by Crippen LogP contribution is -2.27. The van der Waals surface area contributed by atoms with Crippen LogP contribution in [0, 0.1) is 0 Å². The maximum Gasteiger partial charge on any atom is 0.225 e. The van der Waals surface area contributed by atoms with E-state index >= 15 is 0 Å². The molecule has 0 bridgehead atoms. The Morgan fingerprint density at radius 2 is 2.40 bits per heavy atom.